The molecule has 0 aliphatic heterocycles. The maximum Gasteiger partial charge on any atom is 0.338 e. The Hall–Kier alpha value is -5.28. The topological polar surface area (TPSA) is 136 Å². The van der Waals surface area contributed by atoms with Crippen LogP contribution in [0.4, 0.5) is 0 Å². The summed E-state index contributed by atoms with van der Waals surface area (Å²) in [6.07, 6.45) is 6.27. The van der Waals surface area contributed by atoms with E-state index in [1.54, 1.807) is 81.4 Å². The number of carbonyl (C=O) groups excluding carboxylic acids is 4. The number of Topliss-reactive ketones (excluding diaryl/α,β-unsaturated/α-hetero) is 1. The first kappa shape index (κ1) is 39.9. The molecule has 0 amide bonds. The zero-order valence-corrected chi connectivity index (χ0v) is 31.2. The Bertz CT molecular complexity index is 1840. The molecular weight excluding hydrogens is 684 g/mol. The summed E-state index contributed by atoms with van der Waals surface area (Å²) in [5.41, 5.74) is 5.62. The second-order valence-electron chi connectivity index (χ2n) is 13.8. The van der Waals surface area contributed by atoms with Gasteiger partial charge in [0.25, 0.3) is 0 Å². The van der Waals surface area contributed by atoms with Crippen LogP contribution in [0.2, 0.25) is 0 Å². The number of benzene rings is 4. The lowest BCUT2D eigenvalue weighted by Gasteiger charge is -2.18. The lowest BCUT2D eigenvalue weighted by molar-refractivity contribution is 0.0516. The molecule has 2 atom stereocenters. The van der Waals surface area contributed by atoms with Crippen LogP contribution in [0.5, 0.6) is 5.75 Å². The minimum absolute atomic E-state index is 0.190. The van der Waals surface area contributed by atoms with Crippen LogP contribution in [0.15, 0.2) is 97.1 Å². The van der Waals surface area contributed by atoms with Crippen molar-refractivity contribution in [1.29, 1.82) is 0 Å². The first-order chi connectivity index (χ1) is 26.1. The van der Waals surface area contributed by atoms with E-state index >= 15 is 0 Å². The number of ketones is 1. The Balaban J connectivity index is 0.000000159. The quantitative estimate of drug-likeness (QED) is 0.0784. The maximum absolute atomic E-state index is 11.7. The van der Waals surface area contributed by atoms with Gasteiger partial charge in [-0.2, -0.15) is 0 Å². The van der Waals surface area contributed by atoms with Crippen molar-refractivity contribution in [2.45, 2.75) is 71.3 Å². The van der Waals surface area contributed by atoms with E-state index in [2.05, 4.69) is 0 Å². The third kappa shape index (κ3) is 11.4. The van der Waals surface area contributed by atoms with Crippen molar-refractivity contribution in [3.05, 3.63) is 136 Å². The van der Waals surface area contributed by atoms with Gasteiger partial charge >= 0.3 is 17.9 Å². The standard InChI is InChI=1S/C19H20O3.C13H16O3.C13H14O3/c1-2-22-19(21)16-7-5-14(6-8-16)18(13-3-4-13)15-9-11-17(20)12-10-15;2*1-2-16-13(15)11-7-5-10(6-8-11)12(14)9-3-4-9/h5-13,18,20H,2-4H2,1H3;5-9,12,14H,2-4H2,1H3;5-9H,2-4H2,1H3. The van der Waals surface area contributed by atoms with E-state index in [1.807, 2.05) is 36.4 Å². The molecule has 3 saturated carbocycles. The lowest BCUT2D eigenvalue weighted by Crippen LogP contribution is -2.07. The van der Waals surface area contributed by atoms with Crippen molar-refractivity contribution in [1.82, 2.24) is 0 Å². The van der Waals surface area contributed by atoms with Crippen molar-refractivity contribution in [3.63, 3.8) is 0 Å². The molecule has 3 fully saturated rings. The van der Waals surface area contributed by atoms with Gasteiger partial charge in [0.15, 0.2) is 5.78 Å². The number of aliphatic hydroxyl groups is 1. The minimum Gasteiger partial charge on any atom is -0.508 e. The van der Waals surface area contributed by atoms with Crippen LogP contribution >= 0.6 is 0 Å². The van der Waals surface area contributed by atoms with E-state index in [9.17, 15) is 29.4 Å². The Kier molecular flexibility index (Phi) is 14.2. The van der Waals surface area contributed by atoms with E-state index in [4.69, 9.17) is 14.2 Å². The highest BCUT2D eigenvalue weighted by Crippen LogP contribution is 2.46. The molecule has 0 spiro atoms. The number of phenolic OH excluding ortho intramolecular Hbond substituents is 1. The molecule has 2 N–H and O–H groups in total. The molecule has 0 saturated heterocycles. The Morgan fingerprint density at radius 2 is 0.870 bits per heavy atom. The molecule has 0 radical (unpaired) electrons. The molecule has 4 aromatic rings. The minimum atomic E-state index is -0.378. The van der Waals surface area contributed by atoms with E-state index in [-0.39, 0.29) is 41.5 Å². The van der Waals surface area contributed by atoms with Gasteiger partial charge in [0.05, 0.1) is 42.6 Å². The average molecular weight is 735 g/mol. The zero-order valence-electron chi connectivity index (χ0n) is 31.2. The van der Waals surface area contributed by atoms with Crippen molar-refractivity contribution < 1.29 is 43.6 Å². The Morgan fingerprint density at radius 3 is 1.24 bits per heavy atom. The second-order valence-corrected chi connectivity index (χ2v) is 13.8. The van der Waals surface area contributed by atoms with Crippen LogP contribution < -0.4 is 0 Å². The third-order valence-electron chi connectivity index (χ3n) is 9.59. The molecule has 3 aliphatic rings. The summed E-state index contributed by atoms with van der Waals surface area (Å²) in [7, 11) is 0. The summed E-state index contributed by atoms with van der Waals surface area (Å²) >= 11 is 0. The molecular formula is C45H50O9. The summed E-state index contributed by atoms with van der Waals surface area (Å²) in [4.78, 5) is 46.2. The first-order valence-electron chi connectivity index (χ1n) is 19.0. The highest BCUT2D eigenvalue weighted by molar-refractivity contribution is 6.00. The van der Waals surface area contributed by atoms with E-state index in [1.165, 1.54) is 24.0 Å². The normalized spacial score (nSPS) is 15.6. The fourth-order valence-corrected chi connectivity index (χ4v) is 6.17. The zero-order chi connectivity index (χ0) is 38.6. The molecule has 7 rings (SSSR count). The van der Waals surface area contributed by atoms with Crippen LogP contribution in [0.1, 0.15) is 129 Å². The molecule has 4 aromatic carbocycles. The van der Waals surface area contributed by atoms with E-state index in [0.717, 1.165) is 31.2 Å². The fourth-order valence-electron chi connectivity index (χ4n) is 6.17. The maximum atomic E-state index is 11.7. The number of aromatic hydroxyl groups is 1. The summed E-state index contributed by atoms with van der Waals surface area (Å²) in [5.74, 6) is 1.16. The van der Waals surface area contributed by atoms with Crippen LogP contribution in [-0.4, -0.2) is 53.7 Å². The monoisotopic (exact) mass is 734 g/mol. The summed E-state index contributed by atoms with van der Waals surface area (Å²) < 4.78 is 14.8. The SMILES string of the molecule is CCOC(=O)c1ccc(C(=O)C2CC2)cc1.CCOC(=O)c1ccc(C(O)C2CC2)cc1.CCOC(=O)c1ccc(C(c2ccc(O)cc2)C2CC2)cc1. The average Bonchev–Trinajstić information content (AvgIpc) is 4.03. The molecule has 9 nitrogen and oxygen atoms in total. The van der Waals surface area contributed by atoms with Gasteiger partial charge in [-0.15, -0.1) is 0 Å². The highest BCUT2D eigenvalue weighted by Gasteiger charge is 2.34. The third-order valence-corrected chi connectivity index (χ3v) is 9.59. The number of carbonyl (C=O) groups is 4. The van der Waals surface area contributed by atoms with Gasteiger partial charge in [-0.1, -0.05) is 48.5 Å². The summed E-state index contributed by atoms with van der Waals surface area (Å²) in [5, 5.41) is 19.3. The van der Waals surface area contributed by atoms with E-state index in [0.29, 0.717) is 59.8 Å². The molecule has 0 heterocycles. The Morgan fingerprint density at radius 1 is 0.519 bits per heavy atom. The van der Waals surface area contributed by atoms with Crippen molar-refractivity contribution in [2.75, 3.05) is 19.8 Å². The van der Waals surface area contributed by atoms with Crippen LogP contribution in [-0.2, 0) is 14.2 Å². The molecule has 9 heteroatoms. The number of esters is 3. The summed E-state index contributed by atoms with van der Waals surface area (Å²) in [6.45, 7) is 6.48. The first-order valence-corrected chi connectivity index (χ1v) is 19.0. The van der Waals surface area contributed by atoms with Gasteiger partial charge < -0.3 is 24.4 Å². The fraction of sp³-hybridized carbons (Fsp3) is 0.378. The van der Waals surface area contributed by atoms with Crippen molar-refractivity contribution in [2.24, 2.45) is 17.8 Å². The largest absolute Gasteiger partial charge is 0.508 e. The highest BCUT2D eigenvalue weighted by atomic mass is 16.5. The summed E-state index contributed by atoms with van der Waals surface area (Å²) in [6, 6.07) is 28.9. The van der Waals surface area contributed by atoms with Gasteiger partial charge in [-0.3, -0.25) is 4.79 Å². The lowest BCUT2D eigenvalue weighted by atomic mass is 9.87. The number of aliphatic hydroxyl groups excluding tert-OH is 1. The molecule has 0 bridgehead atoms. The van der Waals surface area contributed by atoms with Gasteiger partial charge in [-0.05, 0) is 136 Å². The van der Waals surface area contributed by atoms with Gasteiger partial charge in [-0.25, -0.2) is 14.4 Å². The number of rotatable bonds is 13. The molecule has 2 unspecified atom stereocenters. The van der Waals surface area contributed by atoms with E-state index < -0.39 is 0 Å². The van der Waals surface area contributed by atoms with Crippen LogP contribution in [0, 0.1) is 17.8 Å². The van der Waals surface area contributed by atoms with Crippen LogP contribution in [0.25, 0.3) is 0 Å². The Labute approximate surface area is 317 Å². The number of ether oxygens (including phenoxy) is 3. The molecule has 0 aromatic heterocycles. The molecule has 54 heavy (non-hydrogen) atoms. The number of phenols is 1. The second kappa shape index (κ2) is 19.2. The van der Waals surface area contributed by atoms with Crippen LogP contribution in [0.3, 0.4) is 0 Å². The molecule has 284 valence electrons. The number of hydrogen-bond acceptors (Lipinski definition) is 9. The van der Waals surface area contributed by atoms with Gasteiger partial charge in [0.1, 0.15) is 5.75 Å². The molecule has 3 aliphatic carbocycles. The van der Waals surface area contributed by atoms with Gasteiger partial charge in [0.2, 0.25) is 0 Å². The predicted octanol–water partition coefficient (Wildman–Crippen LogP) is 8.87. The number of hydrogen-bond donors (Lipinski definition) is 2. The van der Waals surface area contributed by atoms with Gasteiger partial charge in [0, 0.05) is 17.4 Å². The predicted molar refractivity (Wildman–Crippen MR) is 205 cm³/mol. The van der Waals surface area contributed by atoms with Crippen molar-refractivity contribution >= 4 is 23.7 Å². The smallest absolute Gasteiger partial charge is 0.338 e. The van der Waals surface area contributed by atoms with Crippen molar-refractivity contribution in [3.8, 4) is 5.75 Å².